The Kier molecular flexibility index (Phi) is 4.47. The zero-order chi connectivity index (χ0) is 19.2. The second-order valence-corrected chi connectivity index (χ2v) is 6.14. The summed E-state index contributed by atoms with van der Waals surface area (Å²) in [6.07, 6.45) is -2.99. The third-order valence-corrected chi connectivity index (χ3v) is 4.73. The third-order valence-electron chi connectivity index (χ3n) is 4.73. The van der Waals surface area contributed by atoms with Gasteiger partial charge in [0.1, 0.15) is 34.5 Å². The van der Waals surface area contributed by atoms with Crippen LogP contribution in [-0.2, 0) is 0 Å². The molecule has 0 amide bonds. The summed E-state index contributed by atoms with van der Waals surface area (Å²) in [6, 6.07) is 4.48. The van der Waals surface area contributed by atoms with E-state index in [0.717, 1.165) is 12.1 Å². The van der Waals surface area contributed by atoms with Crippen LogP contribution in [0.5, 0.6) is 34.5 Å². The lowest BCUT2D eigenvalue weighted by molar-refractivity contribution is -0.536. The van der Waals surface area contributed by atoms with Gasteiger partial charge < -0.3 is 40.1 Å². The first kappa shape index (κ1) is 18.0. The van der Waals surface area contributed by atoms with Crippen molar-refractivity contribution in [1.82, 2.24) is 0 Å². The van der Waals surface area contributed by atoms with Gasteiger partial charge in [-0.05, 0) is 11.8 Å². The number of rotatable bonds is 4. The molecule has 0 bridgehead atoms. The van der Waals surface area contributed by atoms with Gasteiger partial charge in [-0.1, -0.05) is 0 Å². The highest BCUT2D eigenvalue weighted by Gasteiger charge is 2.43. The van der Waals surface area contributed by atoms with Crippen molar-refractivity contribution in [1.29, 1.82) is 0 Å². The van der Waals surface area contributed by atoms with Crippen LogP contribution in [0.3, 0.4) is 0 Å². The molecule has 0 aromatic heterocycles. The van der Waals surface area contributed by atoms with Gasteiger partial charge in [0, 0.05) is 35.4 Å². The molecule has 0 unspecified atom stereocenters. The van der Waals surface area contributed by atoms with Crippen LogP contribution in [0, 0.1) is 0 Å². The molecule has 3 rings (SSSR count). The van der Waals surface area contributed by atoms with Gasteiger partial charge >= 0.3 is 0 Å². The van der Waals surface area contributed by atoms with Crippen LogP contribution in [0.1, 0.15) is 23.0 Å². The summed E-state index contributed by atoms with van der Waals surface area (Å²) in [6.45, 7) is 0. The van der Waals surface area contributed by atoms with E-state index in [2.05, 4.69) is 0 Å². The van der Waals surface area contributed by atoms with Crippen molar-refractivity contribution in [2.45, 2.75) is 24.0 Å². The molecule has 0 spiro atoms. The lowest BCUT2D eigenvalue weighted by Crippen LogP contribution is -2.63. The number of phenols is 4. The maximum absolute atomic E-state index is 12.8. The molecule has 8 heteroatoms. The number of hydrogen-bond acceptors (Lipinski definition) is 8. The Hall–Kier alpha value is -2.84. The first-order chi connectivity index (χ1) is 12.3. The summed E-state index contributed by atoms with van der Waals surface area (Å²) in [5.41, 5.74) is 0.0533. The van der Waals surface area contributed by atoms with Crippen LogP contribution in [0.2, 0.25) is 0 Å². The monoisotopic (exact) mass is 362 g/mol. The van der Waals surface area contributed by atoms with Gasteiger partial charge in [-0.2, -0.15) is 0 Å². The lowest BCUT2D eigenvalue weighted by Gasteiger charge is -2.61. The van der Waals surface area contributed by atoms with Crippen LogP contribution in [0.4, 0.5) is 0 Å². The minimum Gasteiger partial charge on any atom is -0.851 e. The van der Waals surface area contributed by atoms with E-state index in [9.17, 15) is 30.6 Å². The van der Waals surface area contributed by atoms with Crippen LogP contribution >= 0.6 is 0 Å². The van der Waals surface area contributed by atoms with Crippen molar-refractivity contribution in [3.8, 4) is 34.5 Å². The van der Waals surface area contributed by atoms with E-state index in [-0.39, 0.29) is 34.1 Å². The zero-order valence-electron chi connectivity index (χ0n) is 14.0. The van der Waals surface area contributed by atoms with Crippen LogP contribution in [-0.4, -0.2) is 46.9 Å². The van der Waals surface area contributed by atoms with Crippen molar-refractivity contribution in [2.75, 3.05) is 14.2 Å². The molecule has 2 aromatic carbocycles. The van der Waals surface area contributed by atoms with Gasteiger partial charge in [0.15, 0.2) is 0 Å². The average Bonchev–Trinajstić information content (AvgIpc) is 2.58. The summed E-state index contributed by atoms with van der Waals surface area (Å²) in [7, 11) is 2.59. The van der Waals surface area contributed by atoms with E-state index in [1.54, 1.807) is 0 Å². The average molecular weight is 362 g/mol. The maximum atomic E-state index is 12.8. The standard InChI is InChI=1S/C18H18O8/c1-25-11-5-7(19)3-9(21)13(11)15-17(23)16(18(15)24)14-10(22)4-8(20)6-12(14)26-2/h3-6,15-22H,1-2H3/q-2. The Morgan fingerprint density at radius 2 is 1.04 bits per heavy atom. The molecule has 8 nitrogen and oxygen atoms in total. The molecule has 4 N–H and O–H groups in total. The molecule has 1 saturated carbocycles. The van der Waals surface area contributed by atoms with Crippen LogP contribution in [0.25, 0.3) is 0 Å². The second-order valence-electron chi connectivity index (χ2n) is 6.14. The Morgan fingerprint density at radius 3 is 1.35 bits per heavy atom. The van der Waals surface area contributed by atoms with Gasteiger partial charge in [0.25, 0.3) is 0 Å². The van der Waals surface area contributed by atoms with E-state index in [4.69, 9.17) is 9.47 Å². The minimum absolute atomic E-state index is 0.0267. The Bertz CT molecular complexity index is 757. The summed E-state index contributed by atoms with van der Waals surface area (Å²) in [4.78, 5) is 0. The third kappa shape index (κ3) is 2.63. The largest absolute Gasteiger partial charge is 0.851 e. The zero-order valence-corrected chi connectivity index (χ0v) is 14.0. The molecular formula is C18H18O8-2. The van der Waals surface area contributed by atoms with Crippen molar-refractivity contribution < 1.29 is 40.1 Å². The van der Waals surface area contributed by atoms with Gasteiger partial charge in [0.05, 0.1) is 14.2 Å². The number of aromatic hydroxyl groups is 4. The summed E-state index contributed by atoms with van der Waals surface area (Å²) >= 11 is 0. The molecule has 1 aliphatic carbocycles. The normalized spacial score (nSPS) is 24.8. The molecule has 140 valence electrons. The number of hydrogen-bond donors (Lipinski definition) is 4. The predicted octanol–water partition coefficient (Wildman–Crippen LogP) is -0.135. The summed E-state index contributed by atoms with van der Waals surface area (Å²) in [5, 5.41) is 64.9. The fraction of sp³-hybridized carbons (Fsp3) is 0.333. The van der Waals surface area contributed by atoms with E-state index in [1.165, 1.54) is 26.4 Å². The summed E-state index contributed by atoms with van der Waals surface area (Å²) < 4.78 is 10.2. The highest BCUT2D eigenvalue weighted by atomic mass is 16.5. The van der Waals surface area contributed by atoms with E-state index >= 15 is 0 Å². The highest BCUT2D eigenvalue weighted by Crippen LogP contribution is 2.54. The van der Waals surface area contributed by atoms with Crippen molar-refractivity contribution in [2.24, 2.45) is 0 Å². The number of methoxy groups -OCH3 is 2. The summed E-state index contributed by atoms with van der Waals surface area (Å²) in [5.74, 6) is -3.53. The van der Waals surface area contributed by atoms with Crippen molar-refractivity contribution >= 4 is 0 Å². The van der Waals surface area contributed by atoms with E-state index < -0.39 is 35.5 Å². The number of benzene rings is 2. The van der Waals surface area contributed by atoms with Crippen LogP contribution in [0.15, 0.2) is 24.3 Å². The number of phenolic OH excluding ortho intramolecular Hbond substituents is 4. The van der Waals surface area contributed by atoms with E-state index in [0.29, 0.717) is 0 Å². The van der Waals surface area contributed by atoms with E-state index in [1.807, 2.05) is 0 Å². The lowest BCUT2D eigenvalue weighted by atomic mass is 9.62. The molecule has 0 heterocycles. The van der Waals surface area contributed by atoms with Crippen molar-refractivity contribution in [3.05, 3.63) is 35.4 Å². The molecule has 0 saturated heterocycles. The van der Waals surface area contributed by atoms with Gasteiger partial charge in [-0.3, -0.25) is 0 Å². The smallest absolute Gasteiger partial charge is 0.129 e. The second kappa shape index (κ2) is 6.47. The maximum Gasteiger partial charge on any atom is 0.129 e. The molecule has 1 aliphatic rings. The highest BCUT2D eigenvalue weighted by molar-refractivity contribution is 5.58. The van der Waals surface area contributed by atoms with Gasteiger partial charge in [-0.15, -0.1) is 12.2 Å². The van der Waals surface area contributed by atoms with Gasteiger partial charge in [-0.25, -0.2) is 0 Å². The molecule has 0 atom stereocenters. The molecule has 1 fully saturated rings. The Labute approximate surface area is 149 Å². The van der Waals surface area contributed by atoms with Gasteiger partial charge in [0.2, 0.25) is 0 Å². The number of ether oxygens (including phenoxy) is 2. The predicted molar refractivity (Wildman–Crippen MR) is 85.7 cm³/mol. The quantitative estimate of drug-likeness (QED) is 0.588. The van der Waals surface area contributed by atoms with Crippen molar-refractivity contribution in [3.63, 3.8) is 0 Å². The molecular weight excluding hydrogens is 344 g/mol. The first-order valence-corrected chi connectivity index (χ1v) is 7.81. The fourth-order valence-corrected chi connectivity index (χ4v) is 3.54. The fourth-order valence-electron chi connectivity index (χ4n) is 3.54. The molecule has 0 aliphatic heterocycles. The first-order valence-electron chi connectivity index (χ1n) is 7.81. The minimum atomic E-state index is -1.49. The Balaban J connectivity index is 2.02. The topological polar surface area (TPSA) is 146 Å². The molecule has 0 radical (unpaired) electrons. The SMILES string of the molecule is COc1cc(O)cc(O)c1C1C([O-])C(c2c(O)cc(O)cc2OC)C1[O-]. The Morgan fingerprint density at radius 1 is 0.692 bits per heavy atom. The van der Waals surface area contributed by atoms with Crippen LogP contribution < -0.4 is 19.7 Å². The molecule has 2 aromatic rings. The molecule has 26 heavy (non-hydrogen) atoms.